The molecule has 260 valence electrons. The molecule has 13 heteroatoms. The molecule has 4 rings (SSSR count). The minimum absolute atomic E-state index is 0.0783. The molecule has 1 N–H and O–H groups in total. The van der Waals surface area contributed by atoms with E-state index in [4.69, 9.17) is 11.6 Å². The Labute approximate surface area is 298 Å². The van der Waals surface area contributed by atoms with Gasteiger partial charge < -0.3 is 10.2 Å². The molecule has 0 fully saturated rings. The SMILES string of the molecule is Cc1ccc(S(=O)(=O)N(CC(=O)N(Cc2ccc(Br)cc2)C(Cc2ccccc2)C(=O)NC(C)(C)C)c2ccc(Cl)c(C(F)(F)F)c2)cc1. The summed E-state index contributed by atoms with van der Waals surface area (Å²) < 4.78 is 71.7. The Morgan fingerprint density at radius 3 is 2.06 bits per heavy atom. The fourth-order valence-electron chi connectivity index (χ4n) is 5.05. The van der Waals surface area contributed by atoms with Crippen LogP contribution in [0.25, 0.3) is 0 Å². The molecule has 0 spiro atoms. The topological polar surface area (TPSA) is 86.8 Å². The predicted octanol–water partition coefficient (Wildman–Crippen LogP) is 8.18. The number of hydrogen-bond acceptors (Lipinski definition) is 4. The standard InChI is InChI=1S/C36H36BrClF3N3O4S/c1-24-10-17-29(18-11-24)49(47,48)44(28-16-19-31(38)30(21-28)36(39,40)41)23-33(45)43(22-26-12-14-27(37)15-13-26)32(34(46)42-35(2,3)4)20-25-8-6-5-7-9-25/h5-19,21,32H,20,22-23H2,1-4H3,(H,42,46). The zero-order valence-corrected chi connectivity index (χ0v) is 30.4. The lowest BCUT2D eigenvalue weighted by Gasteiger charge is -2.35. The lowest BCUT2D eigenvalue weighted by Crippen LogP contribution is -2.56. The van der Waals surface area contributed by atoms with E-state index in [1.165, 1.54) is 17.0 Å². The lowest BCUT2D eigenvalue weighted by atomic mass is 10.0. The van der Waals surface area contributed by atoms with Crippen molar-refractivity contribution in [1.29, 1.82) is 0 Å². The maximum absolute atomic E-state index is 14.6. The van der Waals surface area contributed by atoms with Crippen LogP contribution in [0.4, 0.5) is 18.9 Å². The largest absolute Gasteiger partial charge is 0.417 e. The molecular weight excluding hydrogens is 743 g/mol. The molecule has 0 aromatic heterocycles. The third kappa shape index (κ3) is 10.1. The van der Waals surface area contributed by atoms with Crippen molar-refractivity contribution in [2.24, 2.45) is 0 Å². The molecule has 0 heterocycles. The van der Waals surface area contributed by atoms with Crippen LogP contribution in [-0.2, 0) is 38.8 Å². The third-order valence-electron chi connectivity index (χ3n) is 7.47. The van der Waals surface area contributed by atoms with Gasteiger partial charge in [-0.2, -0.15) is 13.2 Å². The van der Waals surface area contributed by atoms with Gasteiger partial charge >= 0.3 is 6.18 Å². The number of carbonyl (C=O) groups excluding carboxylic acids is 2. The summed E-state index contributed by atoms with van der Waals surface area (Å²) in [6.45, 7) is 6.11. The van der Waals surface area contributed by atoms with E-state index in [1.807, 2.05) is 6.07 Å². The Morgan fingerprint density at radius 2 is 1.49 bits per heavy atom. The highest BCUT2D eigenvalue weighted by Crippen LogP contribution is 2.38. The van der Waals surface area contributed by atoms with Gasteiger partial charge in [-0.1, -0.05) is 87.7 Å². The molecule has 4 aromatic carbocycles. The first kappa shape index (κ1) is 37.9. The van der Waals surface area contributed by atoms with Crippen molar-refractivity contribution in [3.05, 3.63) is 129 Å². The highest BCUT2D eigenvalue weighted by atomic mass is 79.9. The summed E-state index contributed by atoms with van der Waals surface area (Å²) in [6.07, 6.45) is -4.83. The van der Waals surface area contributed by atoms with Crippen LogP contribution in [0.1, 0.15) is 43.0 Å². The van der Waals surface area contributed by atoms with Crippen molar-refractivity contribution >= 4 is 55.1 Å². The second-order valence-corrected chi connectivity index (χ2v) is 15.8. The molecule has 0 bridgehead atoms. The molecule has 0 aliphatic heterocycles. The molecular formula is C36H36BrClF3N3O4S. The Balaban J connectivity index is 1.88. The van der Waals surface area contributed by atoms with Crippen molar-refractivity contribution < 1.29 is 31.2 Å². The summed E-state index contributed by atoms with van der Waals surface area (Å²) in [4.78, 5) is 29.6. The van der Waals surface area contributed by atoms with E-state index in [0.29, 0.717) is 15.9 Å². The molecule has 0 radical (unpaired) electrons. The molecule has 1 atom stereocenters. The Kier molecular flexibility index (Phi) is 11.9. The molecule has 49 heavy (non-hydrogen) atoms. The molecule has 0 saturated heterocycles. The smallest absolute Gasteiger partial charge is 0.350 e. The maximum Gasteiger partial charge on any atom is 0.417 e. The van der Waals surface area contributed by atoms with Gasteiger partial charge in [-0.05, 0) is 81.3 Å². The summed E-state index contributed by atoms with van der Waals surface area (Å²) in [6, 6.07) is 23.3. The van der Waals surface area contributed by atoms with Gasteiger partial charge in [-0.15, -0.1) is 0 Å². The van der Waals surface area contributed by atoms with Gasteiger partial charge in [0.25, 0.3) is 10.0 Å². The molecule has 0 saturated carbocycles. The van der Waals surface area contributed by atoms with Crippen LogP contribution < -0.4 is 9.62 Å². The minimum Gasteiger partial charge on any atom is -0.350 e. The fraction of sp³-hybridized carbons (Fsp3) is 0.278. The first-order valence-corrected chi connectivity index (χ1v) is 17.8. The number of amides is 2. The Hall–Kier alpha value is -3.87. The van der Waals surface area contributed by atoms with Crippen LogP contribution in [0.15, 0.2) is 106 Å². The number of carbonyl (C=O) groups is 2. The van der Waals surface area contributed by atoms with E-state index in [9.17, 15) is 31.2 Å². The molecule has 7 nitrogen and oxygen atoms in total. The van der Waals surface area contributed by atoms with Gasteiger partial charge in [-0.25, -0.2) is 8.42 Å². The summed E-state index contributed by atoms with van der Waals surface area (Å²) in [7, 11) is -4.62. The van der Waals surface area contributed by atoms with Crippen LogP contribution in [0.5, 0.6) is 0 Å². The van der Waals surface area contributed by atoms with Crippen LogP contribution in [0.2, 0.25) is 5.02 Å². The van der Waals surface area contributed by atoms with Gasteiger partial charge in [-0.3, -0.25) is 13.9 Å². The van der Waals surface area contributed by atoms with Gasteiger partial charge in [0.15, 0.2) is 0 Å². The average molecular weight is 779 g/mol. The van der Waals surface area contributed by atoms with Crippen molar-refractivity contribution in [3.8, 4) is 0 Å². The van der Waals surface area contributed by atoms with Crippen LogP contribution in [-0.4, -0.2) is 43.3 Å². The van der Waals surface area contributed by atoms with Gasteiger partial charge in [0.1, 0.15) is 12.6 Å². The van der Waals surface area contributed by atoms with Crippen molar-refractivity contribution in [1.82, 2.24) is 10.2 Å². The minimum atomic E-state index is -4.91. The normalized spacial score (nSPS) is 12.7. The number of anilines is 1. The highest BCUT2D eigenvalue weighted by molar-refractivity contribution is 9.10. The van der Waals surface area contributed by atoms with Crippen molar-refractivity contribution in [2.45, 2.75) is 63.3 Å². The van der Waals surface area contributed by atoms with E-state index >= 15 is 0 Å². The van der Waals surface area contributed by atoms with E-state index in [0.717, 1.165) is 27.7 Å². The third-order valence-corrected chi connectivity index (χ3v) is 10.1. The fourth-order valence-corrected chi connectivity index (χ4v) is 6.94. The average Bonchev–Trinajstić information content (AvgIpc) is 3.02. The number of sulfonamides is 1. The van der Waals surface area contributed by atoms with Gasteiger partial charge in [0.05, 0.1) is 21.2 Å². The summed E-state index contributed by atoms with van der Waals surface area (Å²) in [5.74, 6) is -1.30. The number of aryl methyl sites for hydroxylation is 1. The van der Waals surface area contributed by atoms with Crippen LogP contribution in [0, 0.1) is 6.92 Å². The molecule has 0 aliphatic rings. The van der Waals surface area contributed by atoms with Crippen LogP contribution >= 0.6 is 27.5 Å². The number of alkyl halides is 3. The molecule has 1 unspecified atom stereocenters. The van der Waals surface area contributed by atoms with Crippen molar-refractivity contribution in [2.75, 3.05) is 10.8 Å². The quantitative estimate of drug-likeness (QED) is 0.167. The predicted molar refractivity (Wildman–Crippen MR) is 189 cm³/mol. The van der Waals surface area contributed by atoms with E-state index in [2.05, 4.69) is 21.2 Å². The number of halogens is 5. The Morgan fingerprint density at radius 1 is 0.878 bits per heavy atom. The molecule has 4 aromatic rings. The zero-order valence-electron chi connectivity index (χ0n) is 27.3. The summed E-state index contributed by atoms with van der Waals surface area (Å²) >= 11 is 9.28. The highest BCUT2D eigenvalue weighted by Gasteiger charge is 2.38. The molecule has 0 aliphatic carbocycles. The number of nitrogens with zero attached hydrogens (tertiary/aromatic N) is 2. The Bertz CT molecular complexity index is 1880. The van der Waals surface area contributed by atoms with E-state index < -0.39 is 62.4 Å². The summed E-state index contributed by atoms with van der Waals surface area (Å²) in [5.41, 5.74) is -0.244. The van der Waals surface area contributed by atoms with E-state index in [1.54, 1.807) is 88.4 Å². The second kappa shape index (κ2) is 15.3. The van der Waals surface area contributed by atoms with Gasteiger partial charge in [0, 0.05) is 23.0 Å². The zero-order chi connectivity index (χ0) is 36.1. The first-order chi connectivity index (χ1) is 22.8. The second-order valence-electron chi connectivity index (χ2n) is 12.6. The monoisotopic (exact) mass is 777 g/mol. The summed E-state index contributed by atoms with van der Waals surface area (Å²) in [5, 5.41) is 2.30. The lowest BCUT2D eigenvalue weighted by molar-refractivity contribution is -0.140. The molecule has 2 amide bonds. The maximum atomic E-state index is 14.6. The van der Waals surface area contributed by atoms with Gasteiger partial charge in [0.2, 0.25) is 11.8 Å². The number of nitrogens with one attached hydrogen (secondary N) is 1. The first-order valence-electron chi connectivity index (χ1n) is 15.2. The van der Waals surface area contributed by atoms with Crippen LogP contribution in [0.3, 0.4) is 0 Å². The number of benzene rings is 4. The number of hydrogen-bond donors (Lipinski definition) is 1. The van der Waals surface area contributed by atoms with E-state index in [-0.39, 0.29) is 17.9 Å². The van der Waals surface area contributed by atoms with Crippen molar-refractivity contribution in [3.63, 3.8) is 0 Å². The number of rotatable bonds is 11.